The Bertz CT molecular complexity index is 1460. The van der Waals surface area contributed by atoms with Crippen molar-refractivity contribution < 1.29 is 4.21 Å². The zero-order chi connectivity index (χ0) is 31.8. The molecule has 0 bridgehead atoms. The average molecular weight is 709 g/mol. The van der Waals surface area contributed by atoms with Crippen LogP contribution in [0.25, 0.3) is 20.4 Å². The van der Waals surface area contributed by atoms with Gasteiger partial charge in [0.1, 0.15) is 0 Å². The smallest absolute Gasteiger partial charge is 0.197 e. The van der Waals surface area contributed by atoms with E-state index in [0.717, 1.165) is 32.2 Å². The Labute approximate surface area is 297 Å². The Balaban J connectivity index is 0.000000150. The highest BCUT2D eigenvalue weighted by Gasteiger charge is 2.35. The fourth-order valence-electron chi connectivity index (χ4n) is 8.35. The monoisotopic (exact) mass is 708 g/mol. The van der Waals surface area contributed by atoms with Crippen molar-refractivity contribution in [1.82, 2.24) is 18.6 Å². The number of aromatic nitrogens is 2. The molecule has 2 heterocycles. The minimum atomic E-state index is -1.11. The van der Waals surface area contributed by atoms with E-state index < -0.39 is 11.0 Å². The summed E-state index contributed by atoms with van der Waals surface area (Å²) in [5.74, 6) is 0. The number of rotatable bonds is 8. The Morgan fingerprint density at radius 3 is 1.45 bits per heavy atom. The van der Waals surface area contributed by atoms with Crippen molar-refractivity contribution >= 4 is 66.0 Å². The van der Waals surface area contributed by atoms with Crippen LogP contribution < -0.4 is 0 Å². The third kappa shape index (κ3) is 8.69. The quantitative estimate of drug-likeness (QED) is 0.171. The van der Waals surface area contributed by atoms with Crippen LogP contribution in [0.1, 0.15) is 128 Å². The number of hydrogen-bond donors (Lipinski definition) is 0. The lowest BCUT2D eigenvalue weighted by Gasteiger charge is -2.40. The summed E-state index contributed by atoms with van der Waals surface area (Å²) in [6, 6.07) is 19.2. The second-order valence-corrected chi connectivity index (χ2v) is 19.0. The third-order valence-corrected chi connectivity index (χ3v) is 16.0. The van der Waals surface area contributed by atoms with Gasteiger partial charge in [0.05, 0.1) is 20.4 Å². The molecule has 0 saturated heterocycles. The third-order valence-electron chi connectivity index (χ3n) is 10.8. The molecule has 4 saturated carbocycles. The fourth-order valence-corrected chi connectivity index (χ4v) is 13.6. The summed E-state index contributed by atoms with van der Waals surface area (Å²) >= 11 is 5.44. The van der Waals surface area contributed by atoms with Crippen molar-refractivity contribution in [2.75, 3.05) is 0 Å². The summed E-state index contributed by atoms with van der Waals surface area (Å²) in [4.78, 5) is 9.58. The largest absolute Gasteiger partial charge is 0.238 e. The van der Waals surface area contributed by atoms with Crippen LogP contribution in [0.3, 0.4) is 0 Å². The van der Waals surface area contributed by atoms with Gasteiger partial charge in [-0.05, 0) is 87.6 Å². The number of hydrogen-bond acceptors (Lipinski definition) is 7. The molecule has 0 aliphatic heterocycles. The SMILES string of the molecule is O=S(c1nc2ccccc2s1)N(C1CCCCC1)C1CCCCC1.c1ccc2sc(SN(C3CCCCC3)C3CCCCC3)nc2c1. The molecule has 1 atom stereocenters. The van der Waals surface area contributed by atoms with Crippen molar-refractivity contribution in [3.05, 3.63) is 48.5 Å². The predicted octanol–water partition coefficient (Wildman–Crippen LogP) is 11.6. The minimum absolute atomic E-state index is 0.481. The first kappa shape index (κ1) is 34.1. The van der Waals surface area contributed by atoms with Gasteiger partial charge in [-0.3, -0.25) is 0 Å². The molecule has 4 fully saturated rings. The molecule has 0 N–H and O–H groups in total. The average Bonchev–Trinajstić information content (AvgIpc) is 3.77. The fraction of sp³-hybridized carbons (Fsp3) is 0.632. The topological polar surface area (TPSA) is 49.3 Å². The summed E-state index contributed by atoms with van der Waals surface area (Å²) in [7, 11) is -1.11. The maximum atomic E-state index is 13.5. The van der Waals surface area contributed by atoms with Crippen molar-refractivity contribution in [3.63, 3.8) is 0 Å². The summed E-state index contributed by atoms with van der Waals surface area (Å²) in [6.07, 6.45) is 26.6. The van der Waals surface area contributed by atoms with Crippen LogP contribution in [-0.4, -0.2) is 47.0 Å². The van der Waals surface area contributed by atoms with E-state index in [1.54, 1.807) is 11.3 Å². The second kappa shape index (κ2) is 17.0. The summed E-state index contributed by atoms with van der Waals surface area (Å²) in [6.45, 7) is 0. The first-order chi connectivity index (χ1) is 23.2. The Kier molecular flexibility index (Phi) is 12.4. The van der Waals surface area contributed by atoms with Crippen molar-refractivity contribution in [2.24, 2.45) is 0 Å². The zero-order valence-corrected chi connectivity index (χ0v) is 31.2. The number of nitrogens with zero attached hydrogens (tertiary/aromatic N) is 4. The van der Waals surface area contributed by atoms with Crippen molar-refractivity contribution in [2.45, 2.75) is 161 Å². The van der Waals surface area contributed by atoms with E-state index in [1.807, 2.05) is 41.5 Å². The summed E-state index contributed by atoms with van der Waals surface area (Å²) in [5, 5.41) is 0. The molecule has 9 heteroatoms. The van der Waals surface area contributed by atoms with Gasteiger partial charge in [0.25, 0.3) is 0 Å². The van der Waals surface area contributed by atoms with Gasteiger partial charge in [-0.2, -0.15) is 0 Å². The molecule has 47 heavy (non-hydrogen) atoms. The molecule has 0 radical (unpaired) electrons. The van der Waals surface area contributed by atoms with E-state index in [1.165, 1.54) is 137 Å². The molecule has 254 valence electrons. The van der Waals surface area contributed by atoms with Gasteiger partial charge >= 0.3 is 0 Å². The van der Waals surface area contributed by atoms with E-state index in [2.05, 4.69) is 38.9 Å². The first-order valence-electron chi connectivity index (χ1n) is 18.6. The Morgan fingerprint density at radius 2 is 0.979 bits per heavy atom. The van der Waals surface area contributed by atoms with Gasteiger partial charge in [0.15, 0.2) is 19.7 Å². The van der Waals surface area contributed by atoms with E-state index in [-0.39, 0.29) is 0 Å². The lowest BCUT2D eigenvalue weighted by atomic mass is 9.91. The highest BCUT2D eigenvalue weighted by atomic mass is 32.2. The molecule has 2 aromatic heterocycles. The molecule has 8 rings (SSSR count). The maximum Gasteiger partial charge on any atom is 0.197 e. The van der Waals surface area contributed by atoms with E-state index in [4.69, 9.17) is 9.97 Å². The normalized spacial score (nSPS) is 21.7. The van der Waals surface area contributed by atoms with Gasteiger partial charge in [-0.25, -0.2) is 22.8 Å². The lowest BCUT2D eigenvalue weighted by molar-refractivity contribution is 0.177. The van der Waals surface area contributed by atoms with Gasteiger partial charge in [-0.15, -0.1) is 22.7 Å². The standard InChI is InChI=1S/C19H26N2OS2.C19H26N2S2/c22-24(19-20-17-13-7-8-14-18(17)23-19)21(15-9-3-1-4-10-15)16-11-5-2-6-12-16;1-3-9-15(10-4-1)21(16-11-5-2-6-12-16)23-19-20-17-13-7-8-14-18(17)22-19/h7-8,13-16H,1-6,9-12H2;7-8,13-16H,1-6,9-12H2. The van der Waals surface area contributed by atoms with E-state index >= 15 is 0 Å². The van der Waals surface area contributed by atoms with Crippen LogP contribution in [0.4, 0.5) is 0 Å². The van der Waals surface area contributed by atoms with Crippen LogP contribution in [-0.2, 0) is 11.0 Å². The van der Waals surface area contributed by atoms with E-state index in [0.29, 0.717) is 12.1 Å². The molecule has 0 spiro atoms. The van der Waals surface area contributed by atoms with Gasteiger partial charge < -0.3 is 0 Å². The molecule has 5 nitrogen and oxygen atoms in total. The van der Waals surface area contributed by atoms with Gasteiger partial charge in [0.2, 0.25) is 0 Å². The Morgan fingerprint density at radius 1 is 0.553 bits per heavy atom. The van der Waals surface area contributed by atoms with Crippen LogP contribution in [0.2, 0.25) is 0 Å². The molecule has 0 amide bonds. The maximum absolute atomic E-state index is 13.5. The molecule has 1 unspecified atom stereocenters. The van der Waals surface area contributed by atoms with Crippen molar-refractivity contribution in [1.29, 1.82) is 0 Å². The van der Waals surface area contributed by atoms with Crippen LogP contribution >= 0.6 is 34.6 Å². The number of benzene rings is 2. The molecular formula is C38H52N4OS4. The molecule has 4 aliphatic carbocycles. The van der Waals surface area contributed by atoms with Crippen molar-refractivity contribution in [3.8, 4) is 0 Å². The van der Waals surface area contributed by atoms with Crippen LogP contribution in [0.5, 0.6) is 0 Å². The summed E-state index contributed by atoms with van der Waals surface area (Å²) < 4.78 is 23.1. The summed E-state index contributed by atoms with van der Waals surface area (Å²) in [5.41, 5.74) is 2.14. The highest BCUT2D eigenvalue weighted by molar-refractivity contribution is 7.99. The van der Waals surface area contributed by atoms with Gasteiger partial charge in [0, 0.05) is 24.2 Å². The van der Waals surface area contributed by atoms with Gasteiger partial charge in [-0.1, -0.05) is 101 Å². The molecular weight excluding hydrogens is 657 g/mol. The Hall–Kier alpha value is -1.36. The zero-order valence-electron chi connectivity index (χ0n) is 27.9. The number of fused-ring (bicyclic) bond motifs is 2. The number of para-hydroxylation sites is 2. The lowest BCUT2D eigenvalue weighted by Crippen LogP contribution is -2.46. The molecule has 4 aliphatic rings. The number of thiazole rings is 2. The predicted molar refractivity (Wildman–Crippen MR) is 203 cm³/mol. The highest BCUT2D eigenvalue weighted by Crippen LogP contribution is 2.40. The van der Waals surface area contributed by atoms with Crippen LogP contribution in [0, 0.1) is 0 Å². The first-order valence-corrected chi connectivity index (χ1v) is 22.1. The van der Waals surface area contributed by atoms with Crippen LogP contribution in [0.15, 0.2) is 57.2 Å². The second-order valence-electron chi connectivity index (χ2n) is 14.1. The molecule has 2 aromatic carbocycles. The minimum Gasteiger partial charge on any atom is -0.238 e. The molecule has 4 aromatic rings. The van der Waals surface area contributed by atoms with E-state index in [9.17, 15) is 4.21 Å².